The summed E-state index contributed by atoms with van der Waals surface area (Å²) in [5, 5.41) is 6.70. The number of pyridine rings is 3. The largest absolute Gasteiger partial charge is 0.306 e. The molecule has 4 heterocycles. The van der Waals surface area contributed by atoms with E-state index < -0.39 is 0 Å². The lowest BCUT2D eigenvalue weighted by Gasteiger charge is -2.23. The van der Waals surface area contributed by atoms with E-state index >= 15 is 0 Å². The monoisotopic (exact) mass is 404 g/mol. The van der Waals surface area contributed by atoms with Crippen LogP contribution in [-0.4, -0.2) is 9.38 Å². The minimum Gasteiger partial charge on any atom is -0.306 e. The van der Waals surface area contributed by atoms with E-state index in [2.05, 4.69) is 70.5 Å². The normalized spacial score (nSPS) is 15.9. The summed E-state index contributed by atoms with van der Waals surface area (Å²) in [4.78, 5) is 4.52. The molecule has 0 N–H and O–H groups in total. The van der Waals surface area contributed by atoms with Crippen molar-refractivity contribution in [3.8, 4) is 0 Å². The van der Waals surface area contributed by atoms with E-state index in [4.69, 9.17) is 0 Å². The number of rotatable bonds is 1. The summed E-state index contributed by atoms with van der Waals surface area (Å²) in [6.07, 6.45) is 12.9. The fourth-order valence-electron chi connectivity index (χ4n) is 6.26. The Hall–Kier alpha value is -3.20. The summed E-state index contributed by atoms with van der Waals surface area (Å²) < 4.78 is 4.81. The average Bonchev–Trinajstić information content (AvgIpc) is 3.15. The van der Waals surface area contributed by atoms with Crippen molar-refractivity contribution in [1.82, 2.24) is 9.38 Å². The maximum absolute atomic E-state index is 4.52. The van der Waals surface area contributed by atoms with Crippen LogP contribution in [0.25, 0.3) is 49.0 Å². The molecule has 7 rings (SSSR count). The van der Waals surface area contributed by atoms with Crippen LogP contribution >= 0.6 is 0 Å². The van der Waals surface area contributed by atoms with Crippen molar-refractivity contribution in [1.29, 1.82) is 0 Å². The van der Waals surface area contributed by atoms with Crippen LogP contribution in [-0.2, 0) is 7.05 Å². The number of hydrogen-bond acceptors (Lipinski definition) is 1. The standard InChI is InChI=1S/C28H26N3/c1-17-8-9-22-21-10-12-29-16-24(21)31-23-15-20(18-6-4-3-5-7-18)14-19-11-13-30(2)28(26(19)23)25(17)27(22)31/h8-16,18H,3-7H2,1-2H3/q+1. The first-order valence-corrected chi connectivity index (χ1v) is 11.6. The van der Waals surface area contributed by atoms with Gasteiger partial charge >= 0.3 is 0 Å². The van der Waals surface area contributed by atoms with Gasteiger partial charge in [0.25, 0.3) is 0 Å². The first-order chi connectivity index (χ1) is 15.2. The summed E-state index contributed by atoms with van der Waals surface area (Å²) in [5.41, 5.74) is 8.05. The highest BCUT2D eigenvalue weighted by atomic mass is 15.0. The number of aromatic nitrogens is 3. The van der Waals surface area contributed by atoms with Gasteiger partial charge in [-0.2, -0.15) is 0 Å². The van der Waals surface area contributed by atoms with E-state index in [0.717, 1.165) is 0 Å². The third kappa shape index (κ3) is 2.24. The number of aryl methyl sites for hydroxylation is 2. The maximum Gasteiger partial charge on any atom is 0.224 e. The summed E-state index contributed by atoms with van der Waals surface area (Å²) in [6.45, 7) is 2.25. The minimum absolute atomic E-state index is 0.682. The van der Waals surface area contributed by atoms with Crippen LogP contribution in [0, 0.1) is 6.92 Å². The highest BCUT2D eigenvalue weighted by molar-refractivity contribution is 6.25. The van der Waals surface area contributed by atoms with Gasteiger partial charge in [-0.3, -0.25) is 4.98 Å². The lowest BCUT2D eigenvalue weighted by atomic mass is 9.83. The molecule has 0 bridgehead atoms. The molecule has 4 aromatic heterocycles. The molecular weight excluding hydrogens is 378 g/mol. The Balaban J connectivity index is 1.78. The molecule has 0 aliphatic heterocycles. The first-order valence-electron chi connectivity index (χ1n) is 11.6. The van der Waals surface area contributed by atoms with Crippen LogP contribution in [0.2, 0.25) is 0 Å². The van der Waals surface area contributed by atoms with Gasteiger partial charge in [0.2, 0.25) is 5.52 Å². The highest BCUT2D eigenvalue weighted by Gasteiger charge is 2.25. The molecule has 0 atom stereocenters. The van der Waals surface area contributed by atoms with Gasteiger partial charge in [0.1, 0.15) is 7.05 Å². The average molecular weight is 405 g/mol. The number of hydrogen-bond donors (Lipinski definition) is 0. The lowest BCUT2D eigenvalue weighted by molar-refractivity contribution is -0.643. The van der Waals surface area contributed by atoms with Crippen molar-refractivity contribution >= 4 is 49.0 Å². The van der Waals surface area contributed by atoms with Gasteiger partial charge in [-0.1, -0.05) is 37.5 Å². The molecule has 0 saturated heterocycles. The molecule has 2 aromatic carbocycles. The summed E-state index contributed by atoms with van der Waals surface area (Å²) in [6, 6.07) is 14.0. The van der Waals surface area contributed by atoms with E-state index in [1.807, 2.05) is 12.4 Å². The van der Waals surface area contributed by atoms with E-state index in [0.29, 0.717) is 5.92 Å². The van der Waals surface area contributed by atoms with E-state index in [1.54, 1.807) is 0 Å². The van der Waals surface area contributed by atoms with Crippen LogP contribution in [0.4, 0.5) is 0 Å². The molecular formula is C28H26N3+. The molecule has 152 valence electrons. The van der Waals surface area contributed by atoms with E-state index in [9.17, 15) is 0 Å². The second-order valence-corrected chi connectivity index (χ2v) is 9.50. The predicted octanol–water partition coefficient (Wildman–Crippen LogP) is 6.57. The Morgan fingerprint density at radius 2 is 1.81 bits per heavy atom. The zero-order valence-corrected chi connectivity index (χ0v) is 18.2. The fourth-order valence-corrected chi connectivity index (χ4v) is 6.26. The lowest BCUT2D eigenvalue weighted by Crippen LogP contribution is -2.29. The van der Waals surface area contributed by atoms with Crippen LogP contribution in [0.3, 0.4) is 0 Å². The van der Waals surface area contributed by atoms with Crippen LogP contribution in [0.15, 0.2) is 55.0 Å². The Morgan fingerprint density at radius 3 is 2.68 bits per heavy atom. The zero-order valence-electron chi connectivity index (χ0n) is 18.2. The van der Waals surface area contributed by atoms with Gasteiger partial charge in [0.15, 0.2) is 6.20 Å². The van der Waals surface area contributed by atoms with E-state index in [-0.39, 0.29) is 0 Å². The van der Waals surface area contributed by atoms with Gasteiger partial charge in [-0.15, -0.1) is 0 Å². The van der Waals surface area contributed by atoms with Crippen molar-refractivity contribution in [2.75, 3.05) is 0 Å². The molecule has 6 aromatic rings. The van der Waals surface area contributed by atoms with E-state index in [1.165, 1.54) is 92.2 Å². The second-order valence-electron chi connectivity index (χ2n) is 9.50. The topological polar surface area (TPSA) is 21.2 Å². The summed E-state index contributed by atoms with van der Waals surface area (Å²) in [7, 11) is 2.19. The van der Waals surface area contributed by atoms with Gasteiger partial charge in [-0.05, 0) is 54.3 Å². The molecule has 0 spiro atoms. The number of nitrogens with zero attached hydrogens (tertiary/aromatic N) is 3. The third-order valence-electron chi connectivity index (χ3n) is 7.73. The Bertz CT molecular complexity index is 1630. The fraction of sp³-hybridized carbons (Fsp3) is 0.286. The molecule has 31 heavy (non-hydrogen) atoms. The Labute approximate surface area is 181 Å². The molecule has 0 amide bonds. The van der Waals surface area contributed by atoms with Crippen molar-refractivity contribution in [2.24, 2.45) is 7.05 Å². The SMILES string of the molecule is Cc1ccc2c3ccncc3n3c4cc(C5CCCCC5)cc5cc[n+](C)c(c1c23)c54. The van der Waals surface area contributed by atoms with Crippen LogP contribution < -0.4 is 4.57 Å². The van der Waals surface area contributed by atoms with Crippen LogP contribution in [0.5, 0.6) is 0 Å². The van der Waals surface area contributed by atoms with Crippen LogP contribution in [0.1, 0.15) is 49.1 Å². The molecule has 1 aliphatic carbocycles. The maximum atomic E-state index is 4.52. The number of benzene rings is 2. The molecule has 3 nitrogen and oxygen atoms in total. The summed E-state index contributed by atoms with van der Waals surface area (Å²) in [5.74, 6) is 0.682. The van der Waals surface area contributed by atoms with Gasteiger partial charge in [0.05, 0.1) is 33.5 Å². The smallest absolute Gasteiger partial charge is 0.224 e. The van der Waals surface area contributed by atoms with Gasteiger partial charge in [-0.25, -0.2) is 4.57 Å². The molecule has 3 heteroatoms. The third-order valence-corrected chi connectivity index (χ3v) is 7.73. The van der Waals surface area contributed by atoms with Crippen molar-refractivity contribution in [2.45, 2.75) is 44.9 Å². The quantitative estimate of drug-likeness (QED) is 0.173. The molecule has 0 radical (unpaired) electrons. The second kappa shape index (κ2) is 6.16. The number of fused-ring (bicyclic) bond motifs is 5. The van der Waals surface area contributed by atoms with Crippen molar-refractivity contribution < 1.29 is 4.57 Å². The van der Waals surface area contributed by atoms with Gasteiger partial charge < -0.3 is 4.40 Å². The molecule has 1 saturated carbocycles. The summed E-state index contributed by atoms with van der Waals surface area (Å²) >= 11 is 0. The Morgan fingerprint density at radius 1 is 0.935 bits per heavy atom. The minimum atomic E-state index is 0.682. The van der Waals surface area contributed by atoms with Crippen molar-refractivity contribution in [3.63, 3.8) is 0 Å². The first kappa shape index (κ1) is 17.5. The van der Waals surface area contributed by atoms with Crippen molar-refractivity contribution in [3.05, 3.63) is 66.1 Å². The molecule has 0 unspecified atom stereocenters. The van der Waals surface area contributed by atoms with Gasteiger partial charge in [0, 0.05) is 23.0 Å². The zero-order chi connectivity index (χ0) is 20.7. The molecule has 1 aliphatic rings. The predicted molar refractivity (Wildman–Crippen MR) is 128 cm³/mol. The molecule has 1 fully saturated rings. The highest BCUT2D eigenvalue weighted by Crippen LogP contribution is 2.42. The Kier molecular flexibility index (Phi) is 3.47.